The van der Waals surface area contributed by atoms with Gasteiger partial charge in [-0.05, 0) is 86.2 Å². The van der Waals surface area contributed by atoms with Gasteiger partial charge < -0.3 is 11.1 Å². The molecule has 1 aromatic carbocycles. The zero-order chi connectivity index (χ0) is 18.5. The summed E-state index contributed by atoms with van der Waals surface area (Å²) in [5.41, 5.74) is 10.3. The van der Waals surface area contributed by atoms with Crippen LogP contribution in [0.5, 0.6) is 0 Å². The summed E-state index contributed by atoms with van der Waals surface area (Å²) in [5, 5.41) is 5.53. The molecule has 6 heteroatoms. The Kier molecular flexibility index (Phi) is 8.17. The summed E-state index contributed by atoms with van der Waals surface area (Å²) < 4.78 is 0. The van der Waals surface area contributed by atoms with Crippen molar-refractivity contribution in [1.82, 2.24) is 4.90 Å². The molecule has 3 N–H and O–H groups in total. The number of hydrogen-bond donors (Lipinski definition) is 2. The van der Waals surface area contributed by atoms with Gasteiger partial charge in [-0.2, -0.15) is 0 Å². The number of piperidine rings is 1. The lowest BCUT2D eigenvalue weighted by atomic mass is 9.90. The van der Waals surface area contributed by atoms with Gasteiger partial charge in [0.2, 0.25) is 0 Å². The van der Waals surface area contributed by atoms with E-state index in [4.69, 9.17) is 5.73 Å². The molecule has 2 heterocycles. The number of rotatable bonds is 5. The number of hydrogen-bond acceptors (Lipinski definition) is 3. The predicted octanol–water partition coefficient (Wildman–Crippen LogP) is 4.88. The molecule has 0 amide bonds. The quantitative estimate of drug-likeness (QED) is 0.343. The Balaban J connectivity index is 0.00000225. The fourth-order valence-electron chi connectivity index (χ4n) is 4.25. The molecule has 4 rings (SSSR count). The van der Waals surface area contributed by atoms with Crippen molar-refractivity contribution in [3.63, 3.8) is 0 Å². The molecular formula is C22H31IN4S. The topological polar surface area (TPSA) is 53.6 Å². The second-order valence-corrected chi connectivity index (χ2v) is 8.83. The van der Waals surface area contributed by atoms with Crippen molar-refractivity contribution in [3.8, 4) is 0 Å². The first-order chi connectivity index (χ1) is 13.3. The summed E-state index contributed by atoms with van der Waals surface area (Å²) in [4.78, 5) is 8.68. The van der Waals surface area contributed by atoms with Crippen LogP contribution in [0.15, 0.2) is 40.7 Å². The Morgan fingerprint density at radius 2 is 1.96 bits per heavy atom. The molecular weight excluding hydrogens is 479 g/mol. The first-order valence-electron chi connectivity index (χ1n) is 10.2. The number of nitrogens with one attached hydrogen (secondary N) is 1. The molecule has 1 saturated heterocycles. The maximum Gasteiger partial charge on any atom is 0.193 e. The highest BCUT2D eigenvalue weighted by molar-refractivity contribution is 14.0. The van der Waals surface area contributed by atoms with Gasteiger partial charge in [0, 0.05) is 23.7 Å². The second-order valence-electron chi connectivity index (χ2n) is 7.80. The molecule has 152 valence electrons. The first kappa shape index (κ1) is 21.6. The second kappa shape index (κ2) is 10.6. The van der Waals surface area contributed by atoms with Crippen molar-refractivity contribution < 1.29 is 0 Å². The number of nitrogens with zero attached hydrogens (tertiary/aromatic N) is 2. The lowest BCUT2D eigenvalue weighted by Crippen LogP contribution is -2.34. The molecule has 0 radical (unpaired) electrons. The van der Waals surface area contributed by atoms with Crippen LogP contribution in [0.4, 0.5) is 5.69 Å². The van der Waals surface area contributed by atoms with Crippen molar-refractivity contribution in [3.05, 3.63) is 51.7 Å². The Hall–Kier alpha value is -1.12. The van der Waals surface area contributed by atoms with E-state index in [1.807, 2.05) is 11.3 Å². The van der Waals surface area contributed by atoms with Crippen molar-refractivity contribution in [2.45, 2.75) is 45.1 Å². The van der Waals surface area contributed by atoms with Crippen LogP contribution in [-0.2, 0) is 19.4 Å². The van der Waals surface area contributed by atoms with Crippen molar-refractivity contribution in [2.75, 3.05) is 25.0 Å². The summed E-state index contributed by atoms with van der Waals surface area (Å²) in [6.07, 6.45) is 7.32. The molecule has 2 aromatic rings. The van der Waals surface area contributed by atoms with E-state index in [-0.39, 0.29) is 24.0 Å². The fourth-order valence-corrected chi connectivity index (χ4v) is 5.00. The van der Waals surface area contributed by atoms with E-state index in [0.29, 0.717) is 11.9 Å². The van der Waals surface area contributed by atoms with Gasteiger partial charge >= 0.3 is 0 Å². The van der Waals surface area contributed by atoms with Crippen LogP contribution in [0, 0.1) is 5.92 Å². The smallest absolute Gasteiger partial charge is 0.193 e. The van der Waals surface area contributed by atoms with Gasteiger partial charge in [-0.25, -0.2) is 0 Å². The van der Waals surface area contributed by atoms with E-state index in [1.165, 1.54) is 48.1 Å². The zero-order valence-electron chi connectivity index (χ0n) is 16.4. The summed E-state index contributed by atoms with van der Waals surface area (Å²) in [6.45, 7) is 4.26. The number of likely N-dealkylation sites (tertiary alicyclic amines) is 1. The van der Waals surface area contributed by atoms with Crippen LogP contribution in [0.3, 0.4) is 0 Å². The number of guanidine groups is 1. The number of thiophene rings is 1. The number of benzene rings is 1. The lowest BCUT2D eigenvalue weighted by molar-refractivity contribution is 0.182. The Labute approximate surface area is 189 Å². The number of fused-ring (bicyclic) bond motifs is 1. The average Bonchev–Trinajstić information content (AvgIpc) is 3.21. The molecule has 4 nitrogen and oxygen atoms in total. The third kappa shape index (κ3) is 5.70. The van der Waals surface area contributed by atoms with Crippen LogP contribution in [-0.4, -0.2) is 30.5 Å². The first-order valence-corrected chi connectivity index (χ1v) is 11.1. The molecule has 1 aliphatic carbocycles. The molecule has 0 saturated carbocycles. The molecule has 1 aromatic heterocycles. The van der Waals surface area contributed by atoms with E-state index < -0.39 is 0 Å². The third-order valence-electron chi connectivity index (χ3n) is 5.85. The molecule has 1 fully saturated rings. The minimum absolute atomic E-state index is 0. The van der Waals surface area contributed by atoms with Crippen LogP contribution >= 0.6 is 35.3 Å². The number of aryl methyl sites for hydroxylation is 1. The molecule has 1 aliphatic heterocycles. The molecule has 0 spiro atoms. The van der Waals surface area contributed by atoms with E-state index in [2.05, 4.69) is 50.9 Å². The number of halogens is 1. The Bertz CT molecular complexity index is 767. The minimum atomic E-state index is 0. The van der Waals surface area contributed by atoms with Crippen LogP contribution < -0.4 is 11.1 Å². The van der Waals surface area contributed by atoms with Crippen molar-refractivity contribution >= 4 is 47.0 Å². The number of anilines is 1. The number of aliphatic imine (C=N–C) groups is 1. The van der Waals surface area contributed by atoms with Crippen molar-refractivity contribution in [2.24, 2.45) is 16.6 Å². The molecule has 2 aliphatic rings. The molecule has 0 bridgehead atoms. The van der Waals surface area contributed by atoms with Crippen LogP contribution in [0.1, 0.15) is 41.7 Å². The van der Waals surface area contributed by atoms with Gasteiger partial charge in [0.1, 0.15) is 0 Å². The Morgan fingerprint density at radius 1 is 1.14 bits per heavy atom. The molecule has 28 heavy (non-hydrogen) atoms. The summed E-state index contributed by atoms with van der Waals surface area (Å²) in [5.74, 6) is 1.21. The largest absolute Gasteiger partial charge is 0.370 e. The van der Waals surface area contributed by atoms with Gasteiger partial charge in [-0.3, -0.25) is 9.89 Å². The highest BCUT2D eigenvalue weighted by atomic mass is 127. The molecule has 0 unspecified atom stereocenters. The highest BCUT2D eigenvalue weighted by Gasteiger charge is 2.19. The zero-order valence-corrected chi connectivity index (χ0v) is 19.5. The summed E-state index contributed by atoms with van der Waals surface area (Å²) >= 11 is 1.85. The van der Waals surface area contributed by atoms with Crippen LogP contribution in [0.2, 0.25) is 0 Å². The van der Waals surface area contributed by atoms with E-state index >= 15 is 0 Å². The van der Waals surface area contributed by atoms with Crippen molar-refractivity contribution in [1.29, 1.82) is 0 Å². The summed E-state index contributed by atoms with van der Waals surface area (Å²) in [7, 11) is 0. The van der Waals surface area contributed by atoms with Crippen LogP contribution in [0.25, 0.3) is 0 Å². The van der Waals surface area contributed by atoms with Gasteiger partial charge in [0.05, 0.1) is 0 Å². The maximum atomic E-state index is 6.20. The van der Waals surface area contributed by atoms with E-state index in [1.54, 1.807) is 0 Å². The standard InChI is InChI=1S/C22H30N4S.HI/c23-22(25-21-9-3-6-18-5-1-2-8-20(18)21)24-15-17-10-12-26(13-11-17)16-19-7-4-14-27-19;/h3-4,6-7,9,14,17H,1-2,5,8,10-13,15-16H2,(H3,23,24,25);1H. The SMILES string of the molecule is I.NC(=NCC1CCN(Cc2cccs2)CC1)Nc1cccc2c1CCCC2. The molecule has 0 atom stereocenters. The highest BCUT2D eigenvalue weighted by Crippen LogP contribution is 2.27. The van der Waals surface area contributed by atoms with Gasteiger partial charge in [0.15, 0.2) is 5.96 Å². The minimum Gasteiger partial charge on any atom is -0.370 e. The predicted molar refractivity (Wildman–Crippen MR) is 131 cm³/mol. The third-order valence-corrected chi connectivity index (χ3v) is 6.71. The summed E-state index contributed by atoms with van der Waals surface area (Å²) in [6, 6.07) is 10.9. The monoisotopic (exact) mass is 510 g/mol. The fraction of sp³-hybridized carbons (Fsp3) is 0.500. The van der Waals surface area contributed by atoms with Gasteiger partial charge in [-0.1, -0.05) is 18.2 Å². The number of nitrogens with two attached hydrogens (primary N) is 1. The normalized spacial score (nSPS) is 18.4. The Morgan fingerprint density at radius 3 is 2.75 bits per heavy atom. The van der Waals surface area contributed by atoms with E-state index in [0.717, 1.165) is 38.3 Å². The van der Waals surface area contributed by atoms with Gasteiger partial charge in [-0.15, -0.1) is 35.3 Å². The lowest BCUT2D eigenvalue weighted by Gasteiger charge is -2.30. The van der Waals surface area contributed by atoms with Gasteiger partial charge in [0.25, 0.3) is 0 Å². The maximum absolute atomic E-state index is 6.20. The average molecular weight is 510 g/mol. The van der Waals surface area contributed by atoms with E-state index in [9.17, 15) is 0 Å².